The van der Waals surface area contributed by atoms with Crippen LogP contribution in [0.25, 0.3) is 0 Å². The minimum absolute atomic E-state index is 0.0679. The standard InChI is InChI=1S/C35H57N7O12/c1-25(43)40(52)21-9-4-7-19-38-29(45)15-17-32(48)42(54)23-11-5-8-20-39-30(46)14-16-31(47)41(53)22-10-3-6-18-37-24-28(44)26-12-13-27(35(51)36-2)34(50)33(26)49/h12-13,37,49-50,52-54H,3-11,14-24H2,1-2H3,(H,36,51)(H,38,45)(H,39,46). The third-order valence-corrected chi connectivity index (χ3v) is 8.24. The van der Waals surface area contributed by atoms with Gasteiger partial charge in [0, 0.05) is 72.4 Å². The molecular weight excluding hydrogens is 710 g/mol. The molecule has 0 fully saturated rings. The highest BCUT2D eigenvalue weighted by Gasteiger charge is 2.20. The molecule has 0 aliphatic heterocycles. The minimum atomic E-state index is -0.678. The fourth-order valence-electron chi connectivity index (χ4n) is 4.97. The Hall–Kier alpha value is -4.85. The van der Waals surface area contributed by atoms with E-state index in [9.17, 15) is 59.4 Å². The number of phenols is 2. The molecule has 0 saturated heterocycles. The number of nitrogens with one attached hydrogen (secondary N) is 4. The van der Waals surface area contributed by atoms with Gasteiger partial charge in [0.25, 0.3) is 5.91 Å². The lowest BCUT2D eigenvalue weighted by Gasteiger charge is -2.15. The van der Waals surface area contributed by atoms with E-state index in [1.165, 1.54) is 26.1 Å². The predicted molar refractivity (Wildman–Crippen MR) is 193 cm³/mol. The van der Waals surface area contributed by atoms with Crippen molar-refractivity contribution in [3.63, 3.8) is 0 Å². The number of ketones is 1. The van der Waals surface area contributed by atoms with Gasteiger partial charge in [0.2, 0.25) is 29.5 Å². The van der Waals surface area contributed by atoms with E-state index in [1.807, 2.05) is 0 Å². The van der Waals surface area contributed by atoms with Crippen molar-refractivity contribution in [1.82, 2.24) is 36.5 Å². The Bertz CT molecular complexity index is 1390. The normalized spacial score (nSPS) is 10.7. The van der Waals surface area contributed by atoms with Gasteiger partial charge in [0.15, 0.2) is 17.3 Å². The molecule has 0 aliphatic rings. The van der Waals surface area contributed by atoms with Gasteiger partial charge in [-0.15, -0.1) is 0 Å². The molecule has 1 aromatic rings. The first-order valence-corrected chi connectivity index (χ1v) is 18.2. The van der Waals surface area contributed by atoms with Crippen LogP contribution in [0.4, 0.5) is 0 Å². The molecule has 0 spiro atoms. The molecule has 0 saturated carbocycles. The van der Waals surface area contributed by atoms with E-state index in [2.05, 4.69) is 21.3 Å². The van der Waals surface area contributed by atoms with Crippen LogP contribution < -0.4 is 21.3 Å². The van der Waals surface area contributed by atoms with Crippen molar-refractivity contribution in [2.75, 3.05) is 52.9 Å². The van der Waals surface area contributed by atoms with Gasteiger partial charge in [-0.2, -0.15) is 0 Å². The zero-order valence-corrected chi connectivity index (χ0v) is 31.2. The number of nitrogens with zero attached hydrogens (tertiary/aromatic N) is 3. The zero-order valence-electron chi connectivity index (χ0n) is 31.2. The minimum Gasteiger partial charge on any atom is -0.504 e. The number of hydroxylamine groups is 6. The first-order valence-electron chi connectivity index (χ1n) is 18.2. The highest BCUT2D eigenvalue weighted by atomic mass is 16.5. The van der Waals surface area contributed by atoms with Crippen molar-refractivity contribution in [2.45, 2.75) is 90.4 Å². The fourth-order valence-corrected chi connectivity index (χ4v) is 4.97. The van der Waals surface area contributed by atoms with Crippen LogP contribution in [0, 0.1) is 0 Å². The molecule has 1 rings (SSSR count). The van der Waals surface area contributed by atoms with Crippen molar-refractivity contribution in [1.29, 1.82) is 0 Å². The summed E-state index contributed by atoms with van der Waals surface area (Å²) >= 11 is 0. The molecule has 6 amide bonds. The average Bonchev–Trinajstić information content (AvgIpc) is 3.15. The Balaban J connectivity index is 2.07. The fraction of sp³-hybridized carbons (Fsp3) is 0.629. The van der Waals surface area contributed by atoms with E-state index in [4.69, 9.17) is 0 Å². The Labute approximate surface area is 314 Å². The molecule has 19 nitrogen and oxygen atoms in total. The number of benzene rings is 1. The summed E-state index contributed by atoms with van der Waals surface area (Å²) in [6, 6.07) is 2.50. The van der Waals surface area contributed by atoms with Crippen LogP contribution >= 0.6 is 0 Å². The molecule has 304 valence electrons. The van der Waals surface area contributed by atoms with Crippen LogP contribution in [0.5, 0.6) is 11.5 Å². The Kier molecular flexibility index (Phi) is 23.4. The van der Waals surface area contributed by atoms with E-state index in [1.54, 1.807) is 0 Å². The molecular formula is C35H57N7O12. The number of amides is 6. The monoisotopic (exact) mass is 767 g/mol. The quantitative estimate of drug-likeness (QED) is 0.0191. The second-order valence-corrected chi connectivity index (χ2v) is 12.6. The molecule has 0 heterocycles. The van der Waals surface area contributed by atoms with Gasteiger partial charge >= 0.3 is 0 Å². The summed E-state index contributed by atoms with van der Waals surface area (Å²) in [5.41, 5.74) is -0.283. The summed E-state index contributed by atoms with van der Waals surface area (Å²) in [6.45, 7) is 2.66. The predicted octanol–water partition coefficient (Wildman–Crippen LogP) is 1.21. The highest BCUT2D eigenvalue weighted by molar-refractivity contribution is 6.04. The Morgan fingerprint density at radius 1 is 0.574 bits per heavy atom. The molecule has 0 bridgehead atoms. The van der Waals surface area contributed by atoms with Gasteiger partial charge in [-0.3, -0.25) is 49.2 Å². The van der Waals surface area contributed by atoms with E-state index < -0.39 is 40.9 Å². The summed E-state index contributed by atoms with van der Waals surface area (Å²) in [7, 11) is 1.37. The topological polar surface area (TPSA) is 278 Å². The lowest BCUT2D eigenvalue weighted by atomic mass is 10.0. The number of phenolic OH excluding ortho intramolecular Hbond substituents is 2. The van der Waals surface area contributed by atoms with Crippen molar-refractivity contribution in [3.8, 4) is 11.5 Å². The maximum Gasteiger partial charge on any atom is 0.254 e. The van der Waals surface area contributed by atoms with Crippen molar-refractivity contribution >= 4 is 41.2 Å². The maximum atomic E-state index is 12.4. The molecule has 0 aromatic heterocycles. The third-order valence-electron chi connectivity index (χ3n) is 8.24. The number of carbonyl (C=O) groups excluding carboxylic acids is 7. The number of hydrogen-bond donors (Lipinski definition) is 9. The van der Waals surface area contributed by atoms with Gasteiger partial charge in [-0.25, -0.2) is 15.2 Å². The van der Waals surface area contributed by atoms with Crippen molar-refractivity contribution < 1.29 is 59.4 Å². The lowest BCUT2D eigenvalue weighted by Crippen LogP contribution is -2.31. The van der Waals surface area contributed by atoms with Crippen LogP contribution in [0.1, 0.15) is 111 Å². The van der Waals surface area contributed by atoms with Gasteiger partial charge in [0.05, 0.1) is 17.7 Å². The smallest absolute Gasteiger partial charge is 0.254 e. The van der Waals surface area contributed by atoms with Crippen LogP contribution in [-0.4, -0.2) is 135 Å². The van der Waals surface area contributed by atoms with E-state index in [-0.39, 0.29) is 74.8 Å². The summed E-state index contributed by atoms with van der Waals surface area (Å²) in [4.78, 5) is 83.3. The van der Waals surface area contributed by atoms with Crippen LogP contribution in [0.15, 0.2) is 12.1 Å². The molecule has 19 heteroatoms. The van der Waals surface area contributed by atoms with E-state index in [0.29, 0.717) is 92.6 Å². The lowest BCUT2D eigenvalue weighted by molar-refractivity contribution is -0.166. The second-order valence-electron chi connectivity index (χ2n) is 12.6. The number of hydrogen-bond acceptors (Lipinski definition) is 13. The molecule has 54 heavy (non-hydrogen) atoms. The van der Waals surface area contributed by atoms with Crippen LogP contribution in [0.3, 0.4) is 0 Å². The van der Waals surface area contributed by atoms with Crippen molar-refractivity contribution in [3.05, 3.63) is 23.3 Å². The molecule has 1 aromatic carbocycles. The maximum absolute atomic E-state index is 12.4. The second kappa shape index (κ2) is 26.8. The third kappa shape index (κ3) is 19.3. The number of unbranched alkanes of at least 4 members (excludes halogenated alkanes) is 6. The Morgan fingerprint density at radius 3 is 1.46 bits per heavy atom. The molecule has 0 aliphatic carbocycles. The summed E-state index contributed by atoms with van der Waals surface area (Å²) in [5, 5.41) is 61.7. The summed E-state index contributed by atoms with van der Waals surface area (Å²) in [6.07, 6.45) is 4.79. The number of Topliss-reactive ketones (excluding diaryl/α,β-unsaturated/α-hetero) is 1. The number of carbonyl (C=O) groups is 7. The van der Waals surface area contributed by atoms with Crippen LogP contribution in [0.2, 0.25) is 0 Å². The summed E-state index contributed by atoms with van der Waals surface area (Å²) in [5.74, 6) is -4.72. The average molecular weight is 768 g/mol. The van der Waals surface area contributed by atoms with Gasteiger partial charge in [-0.1, -0.05) is 6.42 Å². The van der Waals surface area contributed by atoms with E-state index in [0.717, 1.165) is 0 Å². The summed E-state index contributed by atoms with van der Waals surface area (Å²) < 4.78 is 0. The van der Waals surface area contributed by atoms with Gasteiger partial charge in [-0.05, 0) is 70.0 Å². The number of aromatic hydroxyl groups is 2. The first kappa shape index (κ1) is 47.2. The molecule has 0 radical (unpaired) electrons. The largest absolute Gasteiger partial charge is 0.504 e. The van der Waals surface area contributed by atoms with Crippen LogP contribution in [-0.2, 0) is 24.0 Å². The van der Waals surface area contributed by atoms with E-state index >= 15 is 0 Å². The van der Waals surface area contributed by atoms with Crippen molar-refractivity contribution in [2.24, 2.45) is 0 Å². The molecule has 0 atom stereocenters. The molecule has 0 unspecified atom stereocenters. The van der Waals surface area contributed by atoms with Gasteiger partial charge in [0.1, 0.15) is 0 Å². The SMILES string of the molecule is CNC(=O)c1ccc(C(=O)CNCCCCCN(O)C(=O)CCC(=O)NCCCCCN(O)C(=O)CCC(=O)NCCCCCN(O)C(C)=O)c(O)c1O. The first-order chi connectivity index (χ1) is 25.7. The number of rotatable bonds is 28. The highest BCUT2D eigenvalue weighted by Crippen LogP contribution is 2.32. The van der Waals surface area contributed by atoms with Gasteiger partial charge < -0.3 is 31.5 Å². The Morgan fingerprint density at radius 2 is 1.00 bits per heavy atom. The molecule has 9 N–H and O–H groups in total. The zero-order chi connectivity index (χ0) is 40.5.